The molecule has 1 aromatic rings. The van der Waals surface area contributed by atoms with Gasteiger partial charge in [0.25, 0.3) is 0 Å². The molecule has 128 valence electrons. The molecule has 1 N–H and O–H groups in total. The van der Waals surface area contributed by atoms with Crippen LogP contribution < -0.4 is 14.2 Å². The van der Waals surface area contributed by atoms with Gasteiger partial charge in [-0.05, 0) is 24.5 Å². The molecular formula is C18H21NO5. The number of hydrogen-bond acceptors (Lipinski definition) is 6. The molecule has 6 nitrogen and oxygen atoms in total. The SMILES string of the molecule is COc1c2c(cc3c1C(O)N1CCC34C=CC(OC)CC14)OCO2. The fraction of sp³-hybridized carbons (Fsp3) is 0.556. The van der Waals surface area contributed by atoms with Gasteiger partial charge in [-0.2, -0.15) is 0 Å². The zero-order valence-electron chi connectivity index (χ0n) is 13.8. The summed E-state index contributed by atoms with van der Waals surface area (Å²) in [4.78, 5) is 2.17. The predicted molar refractivity (Wildman–Crippen MR) is 85.4 cm³/mol. The normalized spacial score (nSPS) is 38.0. The molecule has 1 saturated heterocycles. The zero-order valence-corrected chi connectivity index (χ0v) is 13.8. The highest BCUT2D eigenvalue weighted by molar-refractivity contribution is 5.65. The molecule has 1 aliphatic carbocycles. The lowest BCUT2D eigenvalue weighted by Gasteiger charge is -2.47. The number of benzene rings is 1. The molecule has 0 radical (unpaired) electrons. The molecule has 24 heavy (non-hydrogen) atoms. The molecule has 0 amide bonds. The Labute approximate surface area is 140 Å². The number of aliphatic hydroxyl groups excluding tert-OH is 1. The standard InChI is InChI=1S/C18H21NO5/c1-21-10-3-4-18-5-6-19(13(18)7-10)17(20)14-11(18)8-12-15(16(14)22-2)24-9-23-12/h3-4,8,10,13,17,20H,5-7,9H2,1-2H3. The first-order chi connectivity index (χ1) is 11.7. The second-order valence-electron chi connectivity index (χ2n) is 6.89. The van der Waals surface area contributed by atoms with Crippen LogP contribution in [0, 0.1) is 0 Å². The molecule has 5 unspecified atom stereocenters. The van der Waals surface area contributed by atoms with Crippen LogP contribution in [-0.2, 0) is 10.2 Å². The molecule has 5 atom stereocenters. The number of rotatable bonds is 2. The van der Waals surface area contributed by atoms with Gasteiger partial charge >= 0.3 is 0 Å². The van der Waals surface area contributed by atoms with Crippen LogP contribution in [0.25, 0.3) is 0 Å². The van der Waals surface area contributed by atoms with Crippen molar-refractivity contribution in [2.75, 3.05) is 27.6 Å². The minimum atomic E-state index is -0.700. The monoisotopic (exact) mass is 331 g/mol. The molecule has 5 rings (SSSR count). The van der Waals surface area contributed by atoms with Crippen molar-refractivity contribution in [3.63, 3.8) is 0 Å². The Morgan fingerprint density at radius 2 is 2.21 bits per heavy atom. The molecule has 1 fully saturated rings. The van der Waals surface area contributed by atoms with Gasteiger partial charge in [0.2, 0.25) is 12.5 Å². The van der Waals surface area contributed by atoms with Gasteiger partial charge in [0, 0.05) is 30.7 Å². The predicted octanol–water partition coefficient (Wildman–Crippen LogP) is 1.72. The Morgan fingerprint density at radius 1 is 1.33 bits per heavy atom. The lowest BCUT2D eigenvalue weighted by atomic mass is 9.66. The molecule has 0 spiro atoms. The maximum absolute atomic E-state index is 11.1. The first-order valence-corrected chi connectivity index (χ1v) is 8.36. The van der Waals surface area contributed by atoms with Crippen molar-refractivity contribution in [2.24, 2.45) is 0 Å². The van der Waals surface area contributed by atoms with E-state index in [0.717, 1.165) is 30.5 Å². The second-order valence-corrected chi connectivity index (χ2v) is 6.89. The van der Waals surface area contributed by atoms with Crippen LogP contribution in [0.5, 0.6) is 17.2 Å². The summed E-state index contributed by atoms with van der Waals surface area (Å²) in [5.41, 5.74) is 1.79. The second kappa shape index (κ2) is 4.88. The average Bonchev–Trinajstić information content (AvgIpc) is 3.20. The van der Waals surface area contributed by atoms with Crippen molar-refractivity contribution in [1.29, 1.82) is 0 Å². The minimum Gasteiger partial charge on any atom is -0.492 e. The van der Waals surface area contributed by atoms with Crippen molar-refractivity contribution in [1.82, 2.24) is 4.90 Å². The maximum atomic E-state index is 11.1. The first-order valence-electron chi connectivity index (χ1n) is 8.36. The van der Waals surface area contributed by atoms with Gasteiger partial charge in [-0.25, -0.2) is 0 Å². The van der Waals surface area contributed by atoms with Crippen molar-refractivity contribution in [2.45, 2.75) is 36.6 Å². The van der Waals surface area contributed by atoms with E-state index >= 15 is 0 Å². The van der Waals surface area contributed by atoms with E-state index in [1.807, 2.05) is 6.07 Å². The van der Waals surface area contributed by atoms with Gasteiger partial charge in [0.05, 0.1) is 13.2 Å². The molecule has 6 heteroatoms. The van der Waals surface area contributed by atoms with Crippen LogP contribution >= 0.6 is 0 Å². The quantitative estimate of drug-likeness (QED) is 0.833. The minimum absolute atomic E-state index is 0.0911. The van der Waals surface area contributed by atoms with Crippen LogP contribution in [0.15, 0.2) is 18.2 Å². The number of methoxy groups -OCH3 is 2. The van der Waals surface area contributed by atoms with E-state index in [0.29, 0.717) is 17.2 Å². The highest BCUT2D eigenvalue weighted by atomic mass is 16.7. The number of nitrogens with zero attached hydrogens (tertiary/aromatic N) is 1. The van der Waals surface area contributed by atoms with Crippen molar-refractivity contribution in [3.05, 3.63) is 29.3 Å². The Bertz CT molecular complexity index is 733. The summed E-state index contributed by atoms with van der Waals surface area (Å²) in [5, 5.41) is 11.1. The number of aliphatic hydroxyl groups is 1. The first kappa shape index (κ1) is 14.6. The van der Waals surface area contributed by atoms with Gasteiger partial charge in [-0.1, -0.05) is 12.2 Å². The molecule has 3 aliphatic heterocycles. The van der Waals surface area contributed by atoms with Crippen molar-refractivity contribution >= 4 is 0 Å². The van der Waals surface area contributed by atoms with Crippen LogP contribution in [-0.4, -0.2) is 49.7 Å². The van der Waals surface area contributed by atoms with Gasteiger partial charge in [0.15, 0.2) is 11.5 Å². The third-order valence-corrected chi connectivity index (χ3v) is 6.08. The largest absolute Gasteiger partial charge is 0.492 e. The Morgan fingerprint density at radius 3 is 3.00 bits per heavy atom. The molecule has 2 bridgehead atoms. The summed E-state index contributed by atoms with van der Waals surface area (Å²) < 4.78 is 22.4. The van der Waals surface area contributed by atoms with Gasteiger partial charge in [-0.3, -0.25) is 4.90 Å². The fourth-order valence-corrected chi connectivity index (χ4v) is 4.96. The topological polar surface area (TPSA) is 60.4 Å². The summed E-state index contributed by atoms with van der Waals surface area (Å²) in [6.45, 7) is 1.03. The smallest absolute Gasteiger partial charge is 0.231 e. The lowest BCUT2D eigenvalue weighted by Crippen LogP contribution is -2.51. The van der Waals surface area contributed by atoms with E-state index in [2.05, 4.69) is 17.1 Å². The summed E-state index contributed by atoms with van der Waals surface area (Å²) in [6.07, 6.45) is 5.65. The lowest BCUT2D eigenvalue weighted by molar-refractivity contribution is -0.0413. The van der Waals surface area contributed by atoms with E-state index < -0.39 is 6.23 Å². The Balaban J connectivity index is 1.77. The number of ether oxygens (including phenoxy) is 4. The van der Waals surface area contributed by atoms with Crippen LogP contribution in [0.3, 0.4) is 0 Å². The van der Waals surface area contributed by atoms with Gasteiger partial charge < -0.3 is 24.1 Å². The van der Waals surface area contributed by atoms with E-state index in [9.17, 15) is 5.11 Å². The highest BCUT2D eigenvalue weighted by Gasteiger charge is 2.57. The highest BCUT2D eigenvalue weighted by Crippen LogP contribution is 2.59. The molecule has 1 aromatic carbocycles. The van der Waals surface area contributed by atoms with E-state index in [1.54, 1.807) is 14.2 Å². The van der Waals surface area contributed by atoms with E-state index in [4.69, 9.17) is 18.9 Å². The fourth-order valence-electron chi connectivity index (χ4n) is 4.96. The number of fused-ring (bicyclic) bond motifs is 2. The summed E-state index contributed by atoms with van der Waals surface area (Å²) in [6, 6.07) is 2.26. The molecule has 0 aromatic heterocycles. The summed E-state index contributed by atoms with van der Waals surface area (Å²) in [7, 11) is 3.35. The third kappa shape index (κ3) is 1.61. The Kier molecular flexibility index (Phi) is 2.96. The van der Waals surface area contributed by atoms with E-state index in [-0.39, 0.29) is 24.4 Å². The van der Waals surface area contributed by atoms with Gasteiger partial charge in [0.1, 0.15) is 6.23 Å². The van der Waals surface area contributed by atoms with Crippen LogP contribution in [0.4, 0.5) is 0 Å². The summed E-state index contributed by atoms with van der Waals surface area (Å²) >= 11 is 0. The molecule has 4 aliphatic rings. The number of hydrogen-bond donors (Lipinski definition) is 1. The van der Waals surface area contributed by atoms with Crippen molar-refractivity contribution < 1.29 is 24.1 Å². The molecule has 3 heterocycles. The van der Waals surface area contributed by atoms with E-state index in [1.165, 1.54) is 0 Å². The third-order valence-electron chi connectivity index (χ3n) is 6.08. The average molecular weight is 331 g/mol. The van der Waals surface area contributed by atoms with Gasteiger partial charge in [-0.15, -0.1) is 0 Å². The molecular weight excluding hydrogens is 310 g/mol. The molecule has 0 saturated carbocycles. The zero-order chi connectivity index (χ0) is 16.5. The summed E-state index contributed by atoms with van der Waals surface area (Å²) in [5.74, 6) is 1.90. The van der Waals surface area contributed by atoms with Crippen LogP contribution in [0.2, 0.25) is 0 Å². The maximum Gasteiger partial charge on any atom is 0.231 e. The van der Waals surface area contributed by atoms with Crippen LogP contribution in [0.1, 0.15) is 30.2 Å². The Hall–Kier alpha value is -1.76. The van der Waals surface area contributed by atoms with Crippen molar-refractivity contribution in [3.8, 4) is 17.2 Å².